The molecule has 0 aliphatic heterocycles. The number of aliphatic hydroxyl groups is 2. The molecule has 0 aromatic heterocycles. The van der Waals surface area contributed by atoms with Gasteiger partial charge in [0.05, 0.1) is 25.9 Å². The standard InChI is InChI=1S/C15H24O5/c1-11-4-5-15(13(6-11)7-16)20-10-14(17)9-19-12(2)8-18-3/h4-6,12,14,16-17H,7-10H2,1-3H3. The summed E-state index contributed by atoms with van der Waals surface area (Å²) in [4.78, 5) is 0. The highest BCUT2D eigenvalue weighted by Gasteiger charge is 2.10. The largest absolute Gasteiger partial charge is 0.490 e. The normalized spacial score (nSPS) is 14.1. The first-order valence-electron chi connectivity index (χ1n) is 6.68. The molecule has 114 valence electrons. The first kappa shape index (κ1) is 16.9. The molecule has 5 nitrogen and oxygen atoms in total. The van der Waals surface area contributed by atoms with Crippen molar-refractivity contribution in [2.24, 2.45) is 0 Å². The summed E-state index contributed by atoms with van der Waals surface area (Å²) < 4.78 is 15.9. The Hall–Kier alpha value is -1.14. The van der Waals surface area contributed by atoms with Crippen LogP contribution >= 0.6 is 0 Å². The van der Waals surface area contributed by atoms with Crippen LogP contribution in [0.2, 0.25) is 0 Å². The number of benzene rings is 1. The van der Waals surface area contributed by atoms with Gasteiger partial charge >= 0.3 is 0 Å². The van der Waals surface area contributed by atoms with E-state index in [-0.39, 0.29) is 25.9 Å². The summed E-state index contributed by atoms with van der Waals surface area (Å²) >= 11 is 0. The number of hydrogen-bond acceptors (Lipinski definition) is 5. The minimum Gasteiger partial charge on any atom is -0.490 e. The second-order valence-corrected chi connectivity index (χ2v) is 4.83. The molecule has 0 aliphatic rings. The minimum absolute atomic E-state index is 0.0676. The van der Waals surface area contributed by atoms with E-state index in [2.05, 4.69) is 0 Å². The van der Waals surface area contributed by atoms with Gasteiger partial charge in [-0.15, -0.1) is 0 Å². The number of rotatable bonds is 9. The molecule has 0 aliphatic carbocycles. The van der Waals surface area contributed by atoms with Crippen molar-refractivity contribution in [3.8, 4) is 5.75 Å². The second kappa shape index (κ2) is 8.92. The highest BCUT2D eigenvalue weighted by atomic mass is 16.5. The van der Waals surface area contributed by atoms with Crippen LogP contribution < -0.4 is 4.74 Å². The third kappa shape index (κ3) is 5.88. The molecule has 2 atom stereocenters. The van der Waals surface area contributed by atoms with E-state index in [1.807, 2.05) is 26.0 Å². The van der Waals surface area contributed by atoms with Gasteiger partial charge in [-0.3, -0.25) is 0 Å². The van der Waals surface area contributed by atoms with E-state index in [1.165, 1.54) is 0 Å². The highest BCUT2D eigenvalue weighted by Crippen LogP contribution is 2.20. The Balaban J connectivity index is 2.39. The molecule has 0 saturated heterocycles. The molecule has 1 rings (SSSR count). The lowest BCUT2D eigenvalue weighted by molar-refractivity contribution is -0.0424. The number of hydrogen-bond donors (Lipinski definition) is 2. The third-order valence-corrected chi connectivity index (χ3v) is 2.79. The first-order chi connectivity index (χ1) is 9.56. The molecule has 0 bridgehead atoms. The summed E-state index contributed by atoms with van der Waals surface area (Å²) in [5, 5.41) is 19.1. The summed E-state index contributed by atoms with van der Waals surface area (Å²) in [6, 6.07) is 5.55. The smallest absolute Gasteiger partial charge is 0.124 e. The maximum Gasteiger partial charge on any atom is 0.124 e. The highest BCUT2D eigenvalue weighted by molar-refractivity contribution is 5.36. The van der Waals surface area contributed by atoms with E-state index in [0.717, 1.165) is 5.56 Å². The third-order valence-electron chi connectivity index (χ3n) is 2.79. The molecule has 1 aromatic carbocycles. The predicted molar refractivity (Wildman–Crippen MR) is 75.9 cm³/mol. The Morgan fingerprint density at radius 1 is 1.20 bits per heavy atom. The number of aryl methyl sites for hydroxylation is 1. The quantitative estimate of drug-likeness (QED) is 0.715. The van der Waals surface area contributed by atoms with Crippen LogP contribution in [-0.4, -0.2) is 49.4 Å². The van der Waals surface area contributed by atoms with Crippen LogP contribution in [0.1, 0.15) is 18.1 Å². The fourth-order valence-corrected chi connectivity index (χ4v) is 1.76. The van der Waals surface area contributed by atoms with Crippen LogP contribution in [0.25, 0.3) is 0 Å². The Morgan fingerprint density at radius 2 is 1.95 bits per heavy atom. The van der Waals surface area contributed by atoms with E-state index in [0.29, 0.717) is 17.9 Å². The summed E-state index contributed by atoms with van der Waals surface area (Å²) in [5.74, 6) is 0.585. The zero-order chi connectivity index (χ0) is 15.0. The van der Waals surface area contributed by atoms with Crippen LogP contribution in [0.15, 0.2) is 18.2 Å². The van der Waals surface area contributed by atoms with Gasteiger partial charge in [-0.1, -0.05) is 17.7 Å². The molecule has 0 heterocycles. The maximum absolute atomic E-state index is 9.79. The van der Waals surface area contributed by atoms with Crippen LogP contribution in [0, 0.1) is 6.92 Å². The number of ether oxygens (including phenoxy) is 3. The van der Waals surface area contributed by atoms with Gasteiger partial charge < -0.3 is 24.4 Å². The molecule has 2 unspecified atom stereocenters. The Kier molecular flexibility index (Phi) is 7.54. The zero-order valence-electron chi connectivity index (χ0n) is 12.3. The monoisotopic (exact) mass is 284 g/mol. The molecule has 1 aromatic rings. The fraction of sp³-hybridized carbons (Fsp3) is 0.600. The predicted octanol–water partition coefficient (Wildman–Crippen LogP) is 1.28. The van der Waals surface area contributed by atoms with Gasteiger partial charge in [0.15, 0.2) is 0 Å². The van der Waals surface area contributed by atoms with Gasteiger partial charge in [-0.25, -0.2) is 0 Å². The maximum atomic E-state index is 9.79. The van der Waals surface area contributed by atoms with Crippen molar-refractivity contribution in [1.29, 1.82) is 0 Å². The lowest BCUT2D eigenvalue weighted by Gasteiger charge is -2.17. The molecule has 0 fully saturated rings. The van der Waals surface area contributed by atoms with Crippen molar-refractivity contribution in [3.05, 3.63) is 29.3 Å². The van der Waals surface area contributed by atoms with Gasteiger partial charge in [-0.05, 0) is 19.9 Å². The Labute approximate surface area is 120 Å². The fourth-order valence-electron chi connectivity index (χ4n) is 1.76. The minimum atomic E-state index is -0.720. The average Bonchev–Trinajstić information content (AvgIpc) is 2.44. The SMILES string of the molecule is COCC(C)OCC(O)COc1ccc(C)cc1CO. The van der Waals surface area contributed by atoms with Gasteiger partial charge in [0.1, 0.15) is 18.5 Å². The summed E-state index contributed by atoms with van der Waals surface area (Å²) in [6.45, 7) is 4.53. The van der Waals surface area contributed by atoms with E-state index < -0.39 is 6.10 Å². The molecular formula is C15H24O5. The van der Waals surface area contributed by atoms with E-state index in [1.54, 1.807) is 13.2 Å². The molecule has 0 saturated carbocycles. The van der Waals surface area contributed by atoms with Gasteiger partial charge in [0.25, 0.3) is 0 Å². The lowest BCUT2D eigenvalue weighted by Crippen LogP contribution is -2.27. The molecule has 20 heavy (non-hydrogen) atoms. The topological polar surface area (TPSA) is 68.2 Å². The van der Waals surface area contributed by atoms with E-state index in [4.69, 9.17) is 14.2 Å². The number of methoxy groups -OCH3 is 1. The van der Waals surface area contributed by atoms with Crippen molar-refractivity contribution in [3.63, 3.8) is 0 Å². The molecule has 0 radical (unpaired) electrons. The molecule has 2 N–H and O–H groups in total. The molecule has 5 heteroatoms. The average molecular weight is 284 g/mol. The van der Waals surface area contributed by atoms with Gasteiger partial charge in [0.2, 0.25) is 0 Å². The van der Waals surface area contributed by atoms with Crippen LogP contribution in [0.4, 0.5) is 0 Å². The van der Waals surface area contributed by atoms with Crippen LogP contribution in [0.5, 0.6) is 5.75 Å². The van der Waals surface area contributed by atoms with Crippen molar-refractivity contribution < 1.29 is 24.4 Å². The van der Waals surface area contributed by atoms with Gasteiger partial charge in [-0.2, -0.15) is 0 Å². The number of aliphatic hydroxyl groups excluding tert-OH is 2. The van der Waals surface area contributed by atoms with Crippen molar-refractivity contribution >= 4 is 0 Å². The van der Waals surface area contributed by atoms with Crippen molar-refractivity contribution in [1.82, 2.24) is 0 Å². The van der Waals surface area contributed by atoms with E-state index >= 15 is 0 Å². The van der Waals surface area contributed by atoms with Crippen molar-refractivity contribution in [2.75, 3.05) is 26.9 Å². The van der Waals surface area contributed by atoms with Crippen molar-refractivity contribution in [2.45, 2.75) is 32.7 Å². The van der Waals surface area contributed by atoms with E-state index in [9.17, 15) is 10.2 Å². The van der Waals surface area contributed by atoms with Crippen LogP contribution in [-0.2, 0) is 16.1 Å². The zero-order valence-corrected chi connectivity index (χ0v) is 12.3. The lowest BCUT2D eigenvalue weighted by atomic mass is 10.1. The molecule has 0 amide bonds. The second-order valence-electron chi connectivity index (χ2n) is 4.83. The Bertz CT molecular complexity index is 394. The summed E-state index contributed by atoms with van der Waals surface area (Å²) in [5.41, 5.74) is 1.77. The van der Waals surface area contributed by atoms with Gasteiger partial charge in [0, 0.05) is 12.7 Å². The first-order valence-corrected chi connectivity index (χ1v) is 6.68. The molecule has 0 spiro atoms. The Morgan fingerprint density at radius 3 is 2.60 bits per heavy atom. The molecular weight excluding hydrogens is 260 g/mol. The summed E-state index contributed by atoms with van der Waals surface area (Å²) in [7, 11) is 1.60. The summed E-state index contributed by atoms with van der Waals surface area (Å²) in [6.07, 6.45) is -0.788. The van der Waals surface area contributed by atoms with Crippen LogP contribution in [0.3, 0.4) is 0 Å².